The van der Waals surface area contributed by atoms with Crippen LogP contribution in [0.2, 0.25) is 0 Å². The summed E-state index contributed by atoms with van der Waals surface area (Å²) < 4.78 is 7.09. The van der Waals surface area contributed by atoms with Crippen LogP contribution < -0.4 is 15.8 Å². The number of aliphatic hydroxyl groups is 2. The van der Waals surface area contributed by atoms with E-state index < -0.39 is 60.4 Å². The van der Waals surface area contributed by atoms with E-state index in [2.05, 4.69) is 20.3 Å². The van der Waals surface area contributed by atoms with E-state index in [1.54, 1.807) is 0 Å². The van der Waals surface area contributed by atoms with Crippen LogP contribution in [0.5, 0.6) is 11.8 Å². The monoisotopic (exact) mass is 507 g/mol. The number of aromatic nitrogens is 3. The number of carbonyl (C=O) groups is 2. The smallest absolute Gasteiger partial charge is 0.351 e. The van der Waals surface area contributed by atoms with Gasteiger partial charge in [-0.25, -0.2) is 9.59 Å². The van der Waals surface area contributed by atoms with Gasteiger partial charge < -0.3 is 35.3 Å². The standard InChI is InChI=1S/C20H25N7O9/c21-25-24-11(2-6-19(33)36-27-16(31)4-5-17(27)32)1-3-15(30)22-14-7-8-26(20(34)23-14)18-9-12(29)13(10-28)35-18/h4-5,7-8,11-13,18,28-29,31-32H,1-3,6,9-10H2,(H,22,23,30,34). The second-order valence-electron chi connectivity index (χ2n) is 7.91. The van der Waals surface area contributed by atoms with Gasteiger partial charge in [-0.1, -0.05) is 5.11 Å². The van der Waals surface area contributed by atoms with Gasteiger partial charge in [-0.15, -0.1) is 4.73 Å². The molecule has 3 rings (SSSR count). The number of hydrogen-bond acceptors (Lipinski definition) is 11. The summed E-state index contributed by atoms with van der Waals surface area (Å²) in [6.45, 7) is -0.397. The van der Waals surface area contributed by atoms with Crippen LogP contribution >= 0.6 is 0 Å². The van der Waals surface area contributed by atoms with Crippen LogP contribution in [-0.4, -0.2) is 71.4 Å². The van der Waals surface area contributed by atoms with Crippen LogP contribution in [0.15, 0.2) is 34.3 Å². The van der Waals surface area contributed by atoms with Crippen LogP contribution in [0, 0.1) is 0 Å². The molecule has 1 amide bonds. The third kappa shape index (κ3) is 6.73. The van der Waals surface area contributed by atoms with Gasteiger partial charge in [0.05, 0.1) is 12.7 Å². The first kappa shape index (κ1) is 26.5. The Kier molecular flexibility index (Phi) is 8.86. The van der Waals surface area contributed by atoms with Gasteiger partial charge in [0.1, 0.15) is 18.1 Å². The number of ether oxygens (including phenoxy) is 1. The topological polar surface area (TPSA) is 234 Å². The van der Waals surface area contributed by atoms with E-state index in [-0.39, 0.29) is 37.9 Å². The lowest BCUT2D eigenvalue weighted by atomic mass is 10.1. The van der Waals surface area contributed by atoms with Gasteiger partial charge >= 0.3 is 11.7 Å². The Labute approximate surface area is 202 Å². The van der Waals surface area contributed by atoms with Crippen molar-refractivity contribution in [2.75, 3.05) is 11.9 Å². The molecule has 194 valence electrons. The first-order valence-electron chi connectivity index (χ1n) is 10.9. The number of rotatable bonds is 11. The summed E-state index contributed by atoms with van der Waals surface area (Å²) in [4.78, 5) is 47.9. The summed E-state index contributed by atoms with van der Waals surface area (Å²) in [7, 11) is 0. The summed E-state index contributed by atoms with van der Waals surface area (Å²) in [5.41, 5.74) is 8.03. The third-order valence-corrected chi connectivity index (χ3v) is 5.38. The van der Waals surface area contributed by atoms with Crippen molar-refractivity contribution in [1.82, 2.24) is 14.3 Å². The Hall–Kier alpha value is -4.11. The molecule has 0 saturated carbocycles. The van der Waals surface area contributed by atoms with Crippen molar-refractivity contribution >= 4 is 17.7 Å². The molecule has 0 aliphatic carbocycles. The third-order valence-electron chi connectivity index (χ3n) is 5.38. The van der Waals surface area contributed by atoms with E-state index in [9.17, 15) is 29.7 Å². The molecule has 4 atom stereocenters. The highest BCUT2D eigenvalue weighted by Crippen LogP contribution is 2.27. The molecular weight excluding hydrogens is 482 g/mol. The summed E-state index contributed by atoms with van der Waals surface area (Å²) >= 11 is 0. The Bertz CT molecular complexity index is 1170. The number of amides is 1. The molecule has 1 aliphatic rings. The molecule has 1 saturated heterocycles. The number of aromatic hydroxyl groups is 2. The molecule has 3 heterocycles. The zero-order valence-corrected chi connectivity index (χ0v) is 18.9. The molecule has 1 fully saturated rings. The zero-order valence-electron chi connectivity index (χ0n) is 18.9. The molecule has 4 unspecified atom stereocenters. The molecule has 1 aliphatic heterocycles. The maximum Gasteiger partial charge on any atom is 0.351 e. The van der Waals surface area contributed by atoms with Crippen molar-refractivity contribution in [2.24, 2.45) is 5.11 Å². The fourth-order valence-electron chi connectivity index (χ4n) is 3.51. The van der Waals surface area contributed by atoms with E-state index in [4.69, 9.17) is 20.2 Å². The predicted octanol–water partition coefficient (Wildman–Crippen LogP) is -0.0701. The van der Waals surface area contributed by atoms with Crippen molar-refractivity contribution in [3.05, 3.63) is 45.3 Å². The highest BCUT2D eigenvalue weighted by atomic mass is 16.7. The Morgan fingerprint density at radius 1 is 1.28 bits per heavy atom. The van der Waals surface area contributed by atoms with E-state index in [0.717, 1.165) is 16.7 Å². The molecule has 16 heteroatoms. The van der Waals surface area contributed by atoms with Crippen molar-refractivity contribution in [3.8, 4) is 11.8 Å². The van der Waals surface area contributed by atoms with Crippen molar-refractivity contribution in [3.63, 3.8) is 0 Å². The molecule has 16 nitrogen and oxygen atoms in total. The normalized spacial score (nSPS) is 19.9. The predicted molar refractivity (Wildman–Crippen MR) is 119 cm³/mol. The summed E-state index contributed by atoms with van der Waals surface area (Å²) in [6, 6.07) is 2.89. The number of nitrogens with one attached hydrogen (secondary N) is 1. The second kappa shape index (κ2) is 12.0. The van der Waals surface area contributed by atoms with E-state index in [0.29, 0.717) is 4.73 Å². The first-order valence-corrected chi connectivity index (χ1v) is 10.9. The SMILES string of the molecule is [N-]=[N+]=NC(CCC(=O)Nc1ccn(C2CC(O)C(CO)O2)c(=O)n1)CCC(=O)On1c(O)ccc1O. The van der Waals surface area contributed by atoms with Gasteiger partial charge in [-0.05, 0) is 24.4 Å². The molecule has 0 bridgehead atoms. The first-order chi connectivity index (χ1) is 17.2. The number of azide groups is 1. The number of aliphatic hydroxyl groups excluding tert-OH is 2. The average Bonchev–Trinajstić information content (AvgIpc) is 3.37. The van der Waals surface area contributed by atoms with Crippen LogP contribution in [0.3, 0.4) is 0 Å². The summed E-state index contributed by atoms with van der Waals surface area (Å²) in [5.74, 6) is -2.31. The Balaban J connectivity index is 1.49. The van der Waals surface area contributed by atoms with Gasteiger partial charge in [0.25, 0.3) is 0 Å². The fourth-order valence-corrected chi connectivity index (χ4v) is 3.51. The van der Waals surface area contributed by atoms with Gasteiger partial charge in [0, 0.05) is 48.5 Å². The van der Waals surface area contributed by atoms with Crippen molar-refractivity contribution < 1.29 is 39.6 Å². The van der Waals surface area contributed by atoms with E-state index in [1.165, 1.54) is 12.3 Å². The minimum atomic E-state index is -0.926. The van der Waals surface area contributed by atoms with Gasteiger partial charge in [-0.3, -0.25) is 9.36 Å². The molecule has 0 aromatic carbocycles. The van der Waals surface area contributed by atoms with Crippen LogP contribution in [0.25, 0.3) is 10.4 Å². The van der Waals surface area contributed by atoms with E-state index in [1.807, 2.05) is 0 Å². The Morgan fingerprint density at radius 3 is 2.58 bits per heavy atom. The molecule has 5 N–H and O–H groups in total. The lowest BCUT2D eigenvalue weighted by molar-refractivity contribution is -0.145. The minimum Gasteiger partial charge on any atom is -0.492 e. The average molecular weight is 507 g/mol. The zero-order chi connectivity index (χ0) is 26.2. The van der Waals surface area contributed by atoms with Gasteiger partial charge in [0.15, 0.2) is 0 Å². The Morgan fingerprint density at radius 2 is 1.97 bits per heavy atom. The van der Waals surface area contributed by atoms with Crippen LogP contribution in [0.4, 0.5) is 5.82 Å². The molecule has 2 aromatic heterocycles. The quantitative estimate of drug-likeness (QED) is 0.154. The maximum absolute atomic E-state index is 12.3. The number of anilines is 1. The molecular formula is C20H25N7O9. The molecule has 36 heavy (non-hydrogen) atoms. The lowest BCUT2D eigenvalue weighted by Crippen LogP contribution is -2.28. The minimum absolute atomic E-state index is 0.0197. The van der Waals surface area contributed by atoms with Crippen molar-refractivity contribution in [1.29, 1.82) is 0 Å². The largest absolute Gasteiger partial charge is 0.492 e. The maximum atomic E-state index is 12.3. The second-order valence-corrected chi connectivity index (χ2v) is 7.91. The highest BCUT2D eigenvalue weighted by Gasteiger charge is 2.35. The van der Waals surface area contributed by atoms with Gasteiger partial charge in [0.2, 0.25) is 17.7 Å². The number of nitrogens with zero attached hydrogens (tertiary/aromatic N) is 6. The van der Waals surface area contributed by atoms with Gasteiger partial charge in [-0.2, -0.15) is 4.98 Å². The summed E-state index contributed by atoms with van der Waals surface area (Å²) in [6.07, 6.45) is -1.31. The molecule has 2 aromatic rings. The van der Waals surface area contributed by atoms with Crippen LogP contribution in [0.1, 0.15) is 38.3 Å². The fraction of sp³-hybridized carbons (Fsp3) is 0.500. The van der Waals surface area contributed by atoms with Crippen LogP contribution in [-0.2, 0) is 14.3 Å². The number of hydrogen-bond donors (Lipinski definition) is 5. The molecule has 0 spiro atoms. The summed E-state index contributed by atoms with van der Waals surface area (Å²) in [5, 5.41) is 44.0. The van der Waals surface area contributed by atoms with E-state index >= 15 is 0 Å². The highest BCUT2D eigenvalue weighted by molar-refractivity contribution is 5.89. The lowest BCUT2D eigenvalue weighted by Gasteiger charge is -2.15. The molecule has 0 radical (unpaired) electrons. The van der Waals surface area contributed by atoms with Crippen molar-refractivity contribution in [2.45, 2.75) is 56.6 Å². The number of carbonyl (C=O) groups excluding carboxylic acids is 2.